The van der Waals surface area contributed by atoms with Gasteiger partial charge in [-0.1, -0.05) is 5.16 Å². The van der Waals surface area contributed by atoms with Gasteiger partial charge in [-0.3, -0.25) is 4.90 Å². The third-order valence-corrected chi connectivity index (χ3v) is 3.86. The zero-order valence-electron chi connectivity index (χ0n) is 14.4. The number of ether oxygens (including phenoxy) is 1. The van der Waals surface area contributed by atoms with Crippen molar-refractivity contribution in [3.8, 4) is 11.3 Å². The molecule has 1 aliphatic rings. The Kier molecular flexibility index (Phi) is 4.62. The molecule has 2 aromatic heterocycles. The third-order valence-electron chi connectivity index (χ3n) is 3.86. The normalized spacial score (nSPS) is 16.4. The first-order valence-electron chi connectivity index (χ1n) is 8.20. The summed E-state index contributed by atoms with van der Waals surface area (Å²) in [5.74, 6) is 0.830. The summed E-state index contributed by atoms with van der Waals surface area (Å²) in [5.41, 5.74) is 1.39. The number of nitrogens with one attached hydrogen (secondary N) is 1. The third kappa shape index (κ3) is 4.17. The van der Waals surface area contributed by atoms with Crippen molar-refractivity contribution in [2.75, 3.05) is 26.2 Å². The van der Waals surface area contributed by atoms with Crippen molar-refractivity contribution in [3.63, 3.8) is 0 Å². The maximum atomic E-state index is 12.1. The molecule has 0 spiro atoms. The Morgan fingerprint density at radius 2 is 2.08 bits per heavy atom. The topological polar surface area (TPSA) is 74.6 Å². The van der Waals surface area contributed by atoms with Gasteiger partial charge >= 0.3 is 6.09 Å². The Morgan fingerprint density at radius 3 is 2.71 bits per heavy atom. The number of hydrogen-bond donors (Lipinski definition) is 1. The van der Waals surface area contributed by atoms with E-state index in [2.05, 4.69) is 15.0 Å². The summed E-state index contributed by atoms with van der Waals surface area (Å²) < 4.78 is 10.8. The molecule has 1 aliphatic heterocycles. The lowest BCUT2D eigenvalue weighted by molar-refractivity contribution is 0.0133. The van der Waals surface area contributed by atoms with Gasteiger partial charge in [0.1, 0.15) is 11.3 Å². The van der Waals surface area contributed by atoms with Crippen molar-refractivity contribution < 1.29 is 14.1 Å². The van der Waals surface area contributed by atoms with E-state index in [1.165, 1.54) is 0 Å². The van der Waals surface area contributed by atoms with Crippen LogP contribution < -0.4 is 0 Å². The molecule has 0 saturated carbocycles. The number of H-pyrrole nitrogens is 1. The fourth-order valence-corrected chi connectivity index (χ4v) is 2.64. The van der Waals surface area contributed by atoms with E-state index in [0.717, 1.165) is 30.1 Å². The largest absolute Gasteiger partial charge is 0.444 e. The fraction of sp³-hybridized carbons (Fsp3) is 0.529. The van der Waals surface area contributed by atoms with Crippen LogP contribution in [-0.2, 0) is 11.3 Å². The molecule has 1 saturated heterocycles. The van der Waals surface area contributed by atoms with E-state index in [-0.39, 0.29) is 6.09 Å². The Balaban J connectivity index is 1.50. The van der Waals surface area contributed by atoms with Crippen LogP contribution in [0.5, 0.6) is 0 Å². The Bertz CT molecular complexity index is 664. The van der Waals surface area contributed by atoms with Crippen molar-refractivity contribution in [2.45, 2.75) is 32.9 Å². The molecule has 1 amide bonds. The van der Waals surface area contributed by atoms with E-state index in [4.69, 9.17) is 9.26 Å². The molecule has 3 heterocycles. The SMILES string of the molecule is CC(C)(C)OC(=O)N1CCN(Cc2cc(-c3cc[nH]c3)no2)CC1. The fourth-order valence-electron chi connectivity index (χ4n) is 2.64. The van der Waals surface area contributed by atoms with E-state index in [0.29, 0.717) is 19.6 Å². The van der Waals surface area contributed by atoms with Gasteiger partial charge in [-0.25, -0.2) is 4.79 Å². The smallest absolute Gasteiger partial charge is 0.410 e. The predicted molar refractivity (Wildman–Crippen MR) is 89.4 cm³/mol. The minimum atomic E-state index is -0.456. The number of piperazine rings is 1. The van der Waals surface area contributed by atoms with E-state index in [1.807, 2.05) is 45.3 Å². The van der Waals surface area contributed by atoms with Gasteiger partial charge < -0.3 is 19.1 Å². The minimum absolute atomic E-state index is 0.239. The monoisotopic (exact) mass is 332 g/mol. The van der Waals surface area contributed by atoms with Gasteiger partial charge in [-0.05, 0) is 26.8 Å². The second-order valence-corrected chi connectivity index (χ2v) is 7.02. The summed E-state index contributed by atoms with van der Waals surface area (Å²) in [6.07, 6.45) is 3.51. The average molecular weight is 332 g/mol. The maximum absolute atomic E-state index is 12.1. The number of hydrogen-bond acceptors (Lipinski definition) is 5. The first-order chi connectivity index (χ1) is 11.4. The van der Waals surface area contributed by atoms with Gasteiger partial charge in [0.15, 0.2) is 5.76 Å². The molecule has 0 radical (unpaired) electrons. The molecule has 2 aromatic rings. The van der Waals surface area contributed by atoms with Crippen molar-refractivity contribution in [3.05, 3.63) is 30.3 Å². The zero-order valence-corrected chi connectivity index (χ0v) is 14.4. The minimum Gasteiger partial charge on any atom is -0.444 e. The van der Waals surface area contributed by atoms with Gasteiger partial charge in [0.2, 0.25) is 0 Å². The molecule has 24 heavy (non-hydrogen) atoms. The van der Waals surface area contributed by atoms with Crippen molar-refractivity contribution >= 4 is 6.09 Å². The first kappa shape index (κ1) is 16.6. The van der Waals surface area contributed by atoms with E-state index in [1.54, 1.807) is 4.90 Å². The standard InChI is InChI=1S/C17H24N4O3/c1-17(2,3)23-16(22)21-8-6-20(7-9-21)12-14-10-15(19-24-14)13-4-5-18-11-13/h4-5,10-11,18H,6-9,12H2,1-3H3. The first-order valence-corrected chi connectivity index (χ1v) is 8.20. The molecule has 0 unspecified atom stereocenters. The molecule has 0 bridgehead atoms. The summed E-state index contributed by atoms with van der Waals surface area (Å²) in [5, 5.41) is 4.10. The van der Waals surface area contributed by atoms with Crippen LogP contribution in [0.1, 0.15) is 26.5 Å². The molecule has 0 atom stereocenters. The van der Waals surface area contributed by atoms with Gasteiger partial charge in [0, 0.05) is 50.2 Å². The molecule has 130 valence electrons. The Hall–Kier alpha value is -2.28. The maximum Gasteiger partial charge on any atom is 0.410 e. The summed E-state index contributed by atoms with van der Waals surface area (Å²) in [6.45, 7) is 9.24. The highest BCUT2D eigenvalue weighted by Gasteiger charge is 2.26. The van der Waals surface area contributed by atoms with Crippen LogP contribution in [0.2, 0.25) is 0 Å². The summed E-state index contributed by atoms with van der Waals surface area (Å²) in [7, 11) is 0. The van der Waals surface area contributed by atoms with Crippen LogP contribution in [0.25, 0.3) is 11.3 Å². The van der Waals surface area contributed by atoms with Crippen LogP contribution in [0.15, 0.2) is 29.0 Å². The second kappa shape index (κ2) is 6.68. The Labute approximate surface area is 141 Å². The number of carbonyl (C=O) groups excluding carboxylic acids is 1. The molecule has 0 aliphatic carbocycles. The number of carbonyl (C=O) groups is 1. The van der Waals surface area contributed by atoms with Crippen LogP contribution in [0, 0.1) is 0 Å². The van der Waals surface area contributed by atoms with Crippen LogP contribution in [-0.4, -0.2) is 57.8 Å². The average Bonchev–Trinajstić information content (AvgIpc) is 3.16. The summed E-state index contributed by atoms with van der Waals surface area (Å²) in [4.78, 5) is 19.1. The molecular weight excluding hydrogens is 308 g/mol. The summed E-state index contributed by atoms with van der Waals surface area (Å²) >= 11 is 0. The quantitative estimate of drug-likeness (QED) is 0.935. The lowest BCUT2D eigenvalue weighted by Gasteiger charge is -2.35. The number of amides is 1. The van der Waals surface area contributed by atoms with Gasteiger partial charge in [0.05, 0.1) is 6.54 Å². The highest BCUT2D eigenvalue weighted by molar-refractivity contribution is 5.68. The molecular formula is C17H24N4O3. The van der Waals surface area contributed by atoms with Crippen molar-refractivity contribution in [1.29, 1.82) is 0 Å². The zero-order chi connectivity index (χ0) is 17.2. The van der Waals surface area contributed by atoms with Crippen molar-refractivity contribution in [1.82, 2.24) is 19.9 Å². The van der Waals surface area contributed by atoms with Gasteiger partial charge in [0.25, 0.3) is 0 Å². The van der Waals surface area contributed by atoms with Crippen molar-refractivity contribution in [2.24, 2.45) is 0 Å². The molecule has 7 nitrogen and oxygen atoms in total. The molecule has 7 heteroatoms. The predicted octanol–water partition coefficient (Wildman–Crippen LogP) is 2.72. The van der Waals surface area contributed by atoms with Crippen LogP contribution in [0.3, 0.4) is 0 Å². The Morgan fingerprint density at radius 1 is 1.33 bits per heavy atom. The highest BCUT2D eigenvalue weighted by atomic mass is 16.6. The molecule has 1 fully saturated rings. The van der Waals surface area contributed by atoms with Gasteiger partial charge in [-0.2, -0.15) is 0 Å². The van der Waals surface area contributed by atoms with Gasteiger partial charge in [-0.15, -0.1) is 0 Å². The van der Waals surface area contributed by atoms with E-state index < -0.39 is 5.60 Å². The van der Waals surface area contributed by atoms with Crippen LogP contribution >= 0.6 is 0 Å². The number of aromatic amines is 1. The summed E-state index contributed by atoms with van der Waals surface area (Å²) in [6, 6.07) is 3.92. The number of rotatable bonds is 3. The lowest BCUT2D eigenvalue weighted by Crippen LogP contribution is -2.49. The molecule has 0 aromatic carbocycles. The molecule has 1 N–H and O–H groups in total. The lowest BCUT2D eigenvalue weighted by atomic mass is 10.2. The van der Waals surface area contributed by atoms with Crippen LogP contribution in [0.4, 0.5) is 4.79 Å². The second-order valence-electron chi connectivity index (χ2n) is 7.02. The number of nitrogens with zero attached hydrogens (tertiary/aromatic N) is 3. The molecule has 3 rings (SSSR count). The number of aromatic nitrogens is 2. The van der Waals surface area contributed by atoms with E-state index >= 15 is 0 Å². The highest BCUT2D eigenvalue weighted by Crippen LogP contribution is 2.20. The van der Waals surface area contributed by atoms with E-state index in [9.17, 15) is 4.79 Å².